The van der Waals surface area contributed by atoms with Gasteiger partial charge in [0.05, 0.1) is 0 Å². The van der Waals surface area contributed by atoms with Crippen LogP contribution < -0.4 is 5.56 Å². The van der Waals surface area contributed by atoms with Crippen LogP contribution in [0.3, 0.4) is 0 Å². The second-order valence-electron chi connectivity index (χ2n) is 5.33. The first kappa shape index (κ1) is 14.9. The zero-order chi connectivity index (χ0) is 15.5. The molecule has 0 unspecified atom stereocenters. The molecule has 1 saturated heterocycles. The highest BCUT2D eigenvalue weighted by Crippen LogP contribution is 2.14. The summed E-state index contributed by atoms with van der Waals surface area (Å²) in [7, 11) is 1.55. The number of piperazine rings is 1. The molecule has 2 aromatic rings. The predicted octanol–water partition coefficient (Wildman–Crippen LogP) is 0.800. The maximum absolute atomic E-state index is 12.4. The van der Waals surface area contributed by atoms with Gasteiger partial charge in [-0.3, -0.25) is 14.5 Å². The maximum atomic E-state index is 12.4. The Hall–Kier alpha value is -1.99. The SMILES string of the molecule is Cn1nc(C(=O)N2CCN(Cc3cccs3)CC2)ccc1=O. The maximum Gasteiger partial charge on any atom is 0.274 e. The molecule has 3 rings (SSSR count). The summed E-state index contributed by atoms with van der Waals surface area (Å²) >= 11 is 1.76. The molecule has 0 aromatic carbocycles. The van der Waals surface area contributed by atoms with Gasteiger partial charge in [0.2, 0.25) is 0 Å². The Labute approximate surface area is 132 Å². The van der Waals surface area contributed by atoms with Gasteiger partial charge in [-0.15, -0.1) is 11.3 Å². The fourth-order valence-corrected chi connectivity index (χ4v) is 3.26. The highest BCUT2D eigenvalue weighted by Gasteiger charge is 2.23. The third-order valence-corrected chi connectivity index (χ3v) is 4.66. The molecule has 3 heterocycles. The number of carbonyl (C=O) groups is 1. The molecule has 2 aromatic heterocycles. The zero-order valence-electron chi connectivity index (χ0n) is 12.4. The van der Waals surface area contributed by atoms with E-state index in [1.54, 1.807) is 23.3 Å². The van der Waals surface area contributed by atoms with E-state index in [1.807, 2.05) is 0 Å². The lowest BCUT2D eigenvalue weighted by Crippen LogP contribution is -2.48. The van der Waals surface area contributed by atoms with Crippen LogP contribution in [0, 0.1) is 0 Å². The molecule has 1 fully saturated rings. The Balaban J connectivity index is 1.59. The first-order chi connectivity index (χ1) is 10.6. The number of aromatic nitrogens is 2. The minimum atomic E-state index is -0.211. The van der Waals surface area contributed by atoms with Crippen molar-refractivity contribution in [1.82, 2.24) is 19.6 Å². The van der Waals surface area contributed by atoms with Crippen LogP contribution in [0.5, 0.6) is 0 Å². The Morgan fingerprint density at radius 2 is 2.00 bits per heavy atom. The summed E-state index contributed by atoms with van der Waals surface area (Å²) in [6, 6.07) is 7.08. The normalized spacial score (nSPS) is 16.0. The average molecular weight is 318 g/mol. The first-order valence-electron chi connectivity index (χ1n) is 7.22. The fraction of sp³-hybridized carbons (Fsp3) is 0.400. The van der Waals surface area contributed by atoms with Crippen molar-refractivity contribution >= 4 is 17.2 Å². The Bertz CT molecular complexity index is 703. The van der Waals surface area contributed by atoms with E-state index in [9.17, 15) is 9.59 Å². The molecule has 22 heavy (non-hydrogen) atoms. The summed E-state index contributed by atoms with van der Waals surface area (Å²) in [5.74, 6) is -0.105. The van der Waals surface area contributed by atoms with Gasteiger partial charge in [0.15, 0.2) is 0 Å². The number of hydrogen-bond donors (Lipinski definition) is 0. The number of amides is 1. The van der Waals surface area contributed by atoms with Gasteiger partial charge in [0.25, 0.3) is 11.5 Å². The average Bonchev–Trinajstić information content (AvgIpc) is 3.03. The molecule has 1 aliphatic heterocycles. The van der Waals surface area contributed by atoms with Crippen LogP contribution in [-0.2, 0) is 13.6 Å². The molecular weight excluding hydrogens is 300 g/mol. The number of hydrogen-bond acceptors (Lipinski definition) is 5. The molecule has 6 nitrogen and oxygen atoms in total. The molecule has 0 radical (unpaired) electrons. The van der Waals surface area contributed by atoms with Crippen LogP contribution in [0.4, 0.5) is 0 Å². The number of rotatable bonds is 3. The van der Waals surface area contributed by atoms with Crippen molar-refractivity contribution in [2.45, 2.75) is 6.54 Å². The largest absolute Gasteiger partial charge is 0.335 e. The van der Waals surface area contributed by atoms with Crippen molar-refractivity contribution in [3.8, 4) is 0 Å². The van der Waals surface area contributed by atoms with Crippen molar-refractivity contribution in [3.63, 3.8) is 0 Å². The highest BCUT2D eigenvalue weighted by molar-refractivity contribution is 7.09. The third kappa shape index (κ3) is 3.26. The molecule has 1 amide bonds. The van der Waals surface area contributed by atoms with Crippen molar-refractivity contribution in [3.05, 3.63) is 50.6 Å². The molecule has 0 N–H and O–H groups in total. The molecule has 7 heteroatoms. The fourth-order valence-electron chi connectivity index (χ4n) is 2.51. The quantitative estimate of drug-likeness (QED) is 0.840. The van der Waals surface area contributed by atoms with Gasteiger partial charge in [0, 0.05) is 50.7 Å². The van der Waals surface area contributed by atoms with E-state index in [-0.39, 0.29) is 11.5 Å². The van der Waals surface area contributed by atoms with Gasteiger partial charge in [-0.05, 0) is 17.5 Å². The van der Waals surface area contributed by atoms with Gasteiger partial charge in [-0.1, -0.05) is 6.07 Å². The number of nitrogens with zero attached hydrogens (tertiary/aromatic N) is 4. The van der Waals surface area contributed by atoms with E-state index in [2.05, 4.69) is 27.5 Å². The molecule has 0 saturated carbocycles. The summed E-state index contributed by atoms with van der Waals surface area (Å²) in [6.07, 6.45) is 0. The van der Waals surface area contributed by atoms with E-state index in [1.165, 1.54) is 21.7 Å². The zero-order valence-corrected chi connectivity index (χ0v) is 13.3. The van der Waals surface area contributed by atoms with Gasteiger partial charge in [-0.2, -0.15) is 5.10 Å². The Morgan fingerprint density at radius 3 is 2.64 bits per heavy atom. The van der Waals surface area contributed by atoms with Crippen LogP contribution in [0.2, 0.25) is 0 Å². The monoisotopic (exact) mass is 318 g/mol. The van der Waals surface area contributed by atoms with Gasteiger partial charge in [-0.25, -0.2) is 4.68 Å². The third-order valence-electron chi connectivity index (χ3n) is 3.80. The smallest absolute Gasteiger partial charge is 0.274 e. The van der Waals surface area contributed by atoms with Crippen LogP contribution >= 0.6 is 11.3 Å². The minimum Gasteiger partial charge on any atom is -0.335 e. The molecule has 0 atom stereocenters. The van der Waals surface area contributed by atoms with Crippen molar-refractivity contribution < 1.29 is 4.79 Å². The molecule has 0 bridgehead atoms. The van der Waals surface area contributed by atoms with E-state index in [4.69, 9.17) is 0 Å². The summed E-state index contributed by atoms with van der Waals surface area (Å²) in [5.41, 5.74) is 0.117. The standard InChI is InChI=1S/C15H18N4O2S/c1-17-14(20)5-4-13(16-17)15(21)19-8-6-18(7-9-19)11-12-3-2-10-22-12/h2-5,10H,6-9,11H2,1H3. The molecular formula is C15H18N4O2S. The van der Waals surface area contributed by atoms with Crippen molar-refractivity contribution in [1.29, 1.82) is 0 Å². The molecule has 0 spiro atoms. The second kappa shape index (κ2) is 6.41. The summed E-state index contributed by atoms with van der Waals surface area (Å²) in [6.45, 7) is 4.03. The van der Waals surface area contributed by atoms with Crippen molar-refractivity contribution in [2.24, 2.45) is 7.05 Å². The second-order valence-corrected chi connectivity index (χ2v) is 6.36. The molecule has 1 aliphatic rings. The molecule has 0 aliphatic carbocycles. The molecule has 116 valence electrons. The summed E-state index contributed by atoms with van der Waals surface area (Å²) in [4.78, 5) is 29.3. The van der Waals surface area contributed by atoms with Crippen molar-refractivity contribution in [2.75, 3.05) is 26.2 Å². The van der Waals surface area contributed by atoms with Crippen LogP contribution in [-0.4, -0.2) is 51.7 Å². The predicted molar refractivity (Wildman–Crippen MR) is 85.0 cm³/mol. The first-order valence-corrected chi connectivity index (χ1v) is 8.10. The van der Waals surface area contributed by atoms with E-state index in [0.717, 1.165) is 19.6 Å². The van der Waals surface area contributed by atoms with E-state index in [0.29, 0.717) is 18.8 Å². The van der Waals surface area contributed by atoms with Gasteiger partial charge >= 0.3 is 0 Å². The van der Waals surface area contributed by atoms with E-state index >= 15 is 0 Å². The lowest BCUT2D eigenvalue weighted by molar-refractivity contribution is 0.0621. The highest BCUT2D eigenvalue weighted by atomic mass is 32.1. The summed E-state index contributed by atoms with van der Waals surface area (Å²) in [5, 5.41) is 6.11. The van der Waals surface area contributed by atoms with Gasteiger partial charge < -0.3 is 4.90 Å². The van der Waals surface area contributed by atoms with Gasteiger partial charge in [0.1, 0.15) is 5.69 Å². The van der Waals surface area contributed by atoms with Crippen LogP contribution in [0.25, 0.3) is 0 Å². The van der Waals surface area contributed by atoms with Crippen LogP contribution in [0.15, 0.2) is 34.4 Å². The number of thiophene rings is 1. The number of aryl methyl sites for hydroxylation is 1. The Kier molecular flexibility index (Phi) is 4.35. The van der Waals surface area contributed by atoms with E-state index < -0.39 is 0 Å². The lowest BCUT2D eigenvalue weighted by atomic mass is 10.2. The lowest BCUT2D eigenvalue weighted by Gasteiger charge is -2.34. The summed E-state index contributed by atoms with van der Waals surface area (Å²) < 4.78 is 1.19. The minimum absolute atomic E-state index is 0.105. The Morgan fingerprint density at radius 1 is 1.23 bits per heavy atom. The van der Waals surface area contributed by atoms with Crippen LogP contribution in [0.1, 0.15) is 15.4 Å². The number of carbonyl (C=O) groups excluding carboxylic acids is 1. The topological polar surface area (TPSA) is 58.4 Å².